The van der Waals surface area contributed by atoms with E-state index in [4.69, 9.17) is 5.73 Å². The first-order valence-corrected chi connectivity index (χ1v) is 5.63. The van der Waals surface area contributed by atoms with Gasteiger partial charge in [-0.15, -0.1) is 0 Å². The van der Waals surface area contributed by atoms with Gasteiger partial charge >= 0.3 is 0 Å². The number of aromatic nitrogens is 1. The third kappa shape index (κ3) is 2.18. The van der Waals surface area contributed by atoms with Gasteiger partial charge in [0.25, 0.3) is 5.91 Å². The zero-order chi connectivity index (χ0) is 10.8. The second-order valence-electron chi connectivity index (χ2n) is 3.63. The third-order valence-corrected chi connectivity index (χ3v) is 3.11. The molecule has 1 atom stereocenters. The van der Waals surface area contributed by atoms with Gasteiger partial charge in [-0.2, -0.15) is 0 Å². The van der Waals surface area contributed by atoms with E-state index in [0.29, 0.717) is 12.2 Å². The Labute approximate surface area is 96.6 Å². The van der Waals surface area contributed by atoms with Crippen molar-refractivity contribution in [1.82, 2.24) is 9.88 Å². The van der Waals surface area contributed by atoms with Crippen LogP contribution in [0.2, 0.25) is 0 Å². The molecule has 2 N–H and O–H groups in total. The lowest BCUT2D eigenvalue weighted by molar-refractivity contribution is 0.0784. The van der Waals surface area contributed by atoms with Crippen molar-refractivity contribution in [2.24, 2.45) is 5.73 Å². The molecule has 1 aliphatic heterocycles. The molecule has 2 heterocycles. The quantitative estimate of drug-likeness (QED) is 0.828. The van der Waals surface area contributed by atoms with Gasteiger partial charge in [0.1, 0.15) is 5.69 Å². The Morgan fingerprint density at radius 1 is 1.67 bits per heavy atom. The van der Waals surface area contributed by atoms with Crippen LogP contribution in [-0.2, 0) is 0 Å². The average Bonchev–Trinajstić information content (AvgIpc) is 2.65. The number of likely N-dealkylation sites (tertiary alicyclic amines) is 1. The molecule has 1 fully saturated rings. The highest BCUT2D eigenvalue weighted by Gasteiger charge is 2.26. The maximum atomic E-state index is 12.0. The molecule has 1 aliphatic rings. The van der Waals surface area contributed by atoms with Gasteiger partial charge in [0.05, 0.1) is 0 Å². The summed E-state index contributed by atoms with van der Waals surface area (Å²) in [5.74, 6) is -0.0459. The van der Waals surface area contributed by atoms with Crippen molar-refractivity contribution in [3.63, 3.8) is 0 Å². The number of nitrogens with zero attached hydrogens (tertiary/aromatic N) is 2. The van der Waals surface area contributed by atoms with Gasteiger partial charge in [0, 0.05) is 29.8 Å². The predicted octanol–water partition coefficient (Wildman–Crippen LogP) is 1.02. The molecule has 1 aromatic heterocycles. The van der Waals surface area contributed by atoms with Crippen LogP contribution in [0.1, 0.15) is 16.9 Å². The molecule has 0 unspecified atom stereocenters. The first-order chi connectivity index (χ1) is 7.18. The zero-order valence-corrected chi connectivity index (χ0v) is 9.77. The molecule has 80 valence electrons. The highest BCUT2D eigenvalue weighted by Crippen LogP contribution is 2.17. The van der Waals surface area contributed by atoms with Crippen LogP contribution in [0.3, 0.4) is 0 Å². The Kier molecular flexibility index (Phi) is 3.02. The molecule has 1 saturated heterocycles. The van der Waals surface area contributed by atoms with Gasteiger partial charge in [-0.3, -0.25) is 4.79 Å². The zero-order valence-electron chi connectivity index (χ0n) is 8.19. The summed E-state index contributed by atoms with van der Waals surface area (Å²) in [6.45, 7) is 1.35. The van der Waals surface area contributed by atoms with Crippen molar-refractivity contribution < 1.29 is 4.79 Å². The Morgan fingerprint density at radius 3 is 3.07 bits per heavy atom. The van der Waals surface area contributed by atoms with Crippen LogP contribution in [0.5, 0.6) is 0 Å². The Morgan fingerprint density at radius 2 is 2.47 bits per heavy atom. The molecule has 0 saturated carbocycles. The third-order valence-electron chi connectivity index (χ3n) is 2.47. The van der Waals surface area contributed by atoms with Crippen molar-refractivity contribution >= 4 is 21.8 Å². The minimum Gasteiger partial charge on any atom is -0.336 e. The number of hydrogen-bond donors (Lipinski definition) is 1. The number of carbonyl (C=O) groups is 1. The monoisotopic (exact) mass is 269 g/mol. The van der Waals surface area contributed by atoms with Gasteiger partial charge in [0.2, 0.25) is 0 Å². The minimum absolute atomic E-state index is 0.0459. The van der Waals surface area contributed by atoms with Crippen LogP contribution >= 0.6 is 15.9 Å². The lowest BCUT2D eigenvalue weighted by Crippen LogP contribution is -2.32. The van der Waals surface area contributed by atoms with Crippen LogP contribution in [0.15, 0.2) is 22.8 Å². The van der Waals surface area contributed by atoms with Gasteiger partial charge in [0.15, 0.2) is 0 Å². The van der Waals surface area contributed by atoms with Crippen LogP contribution in [0.25, 0.3) is 0 Å². The first-order valence-electron chi connectivity index (χ1n) is 4.84. The fraction of sp³-hybridized carbons (Fsp3) is 0.400. The lowest BCUT2D eigenvalue weighted by Gasteiger charge is -2.15. The van der Waals surface area contributed by atoms with E-state index in [0.717, 1.165) is 17.4 Å². The predicted molar refractivity (Wildman–Crippen MR) is 60.4 cm³/mol. The molecule has 0 aromatic carbocycles. The normalized spacial score (nSPS) is 20.7. The Bertz CT molecular complexity index is 383. The molecule has 15 heavy (non-hydrogen) atoms. The summed E-state index contributed by atoms with van der Waals surface area (Å²) in [6, 6.07) is 3.71. The van der Waals surface area contributed by atoms with Crippen LogP contribution < -0.4 is 5.73 Å². The number of nitrogens with two attached hydrogens (primary N) is 1. The molecule has 5 heteroatoms. The molecule has 0 spiro atoms. The number of pyridine rings is 1. The maximum Gasteiger partial charge on any atom is 0.273 e. The van der Waals surface area contributed by atoms with Gasteiger partial charge < -0.3 is 10.6 Å². The van der Waals surface area contributed by atoms with Crippen LogP contribution in [0, 0.1) is 0 Å². The van der Waals surface area contributed by atoms with Crippen molar-refractivity contribution in [1.29, 1.82) is 0 Å². The summed E-state index contributed by atoms with van der Waals surface area (Å²) >= 11 is 3.32. The SMILES string of the molecule is N[C@H]1CCN(C(=O)c2ncccc2Br)C1. The van der Waals surface area contributed by atoms with Gasteiger partial charge in [-0.25, -0.2) is 4.98 Å². The number of rotatable bonds is 1. The number of halogens is 1. The van der Waals surface area contributed by atoms with Crippen molar-refractivity contribution in [3.05, 3.63) is 28.5 Å². The van der Waals surface area contributed by atoms with E-state index in [1.807, 2.05) is 6.07 Å². The molecular formula is C10H12BrN3O. The van der Waals surface area contributed by atoms with Crippen LogP contribution in [0.4, 0.5) is 0 Å². The molecule has 0 bridgehead atoms. The number of amides is 1. The van der Waals surface area contributed by atoms with Crippen molar-refractivity contribution in [3.8, 4) is 0 Å². The number of hydrogen-bond acceptors (Lipinski definition) is 3. The summed E-state index contributed by atoms with van der Waals surface area (Å²) in [5, 5.41) is 0. The van der Waals surface area contributed by atoms with E-state index in [1.54, 1.807) is 17.2 Å². The summed E-state index contributed by atoms with van der Waals surface area (Å²) in [5.41, 5.74) is 6.22. The topological polar surface area (TPSA) is 59.2 Å². The molecule has 0 radical (unpaired) electrons. The molecule has 1 amide bonds. The number of carbonyl (C=O) groups excluding carboxylic acids is 1. The van der Waals surface area contributed by atoms with E-state index in [1.165, 1.54) is 0 Å². The van der Waals surface area contributed by atoms with E-state index in [9.17, 15) is 4.79 Å². The minimum atomic E-state index is -0.0459. The fourth-order valence-electron chi connectivity index (χ4n) is 1.66. The smallest absolute Gasteiger partial charge is 0.273 e. The van der Waals surface area contributed by atoms with Gasteiger partial charge in [-0.05, 0) is 34.5 Å². The molecule has 0 aliphatic carbocycles. The van der Waals surface area contributed by atoms with Crippen molar-refractivity contribution in [2.45, 2.75) is 12.5 Å². The summed E-state index contributed by atoms with van der Waals surface area (Å²) in [7, 11) is 0. The summed E-state index contributed by atoms with van der Waals surface area (Å²) in [6.07, 6.45) is 2.49. The fourth-order valence-corrected chi connectivity index (χ4v) is 2.09. The maximum absolute atomic E-state index is 12.0. The van der Waals surface area contributed by atoms with E-state index < -0.39 is 0 Å². The average molecular weight is 270 g/mol. The van der Waals surface area contributed by atoms with E-state index >= 15 is 0 Å². The van der Waals surface area contributed by atoms with Crippen LogP contribution in [-0.4, -0.2) is 34.9 Å². The van der Waals surface area contributed by atoms with Gasteiger partial charge in [-0.1, -0.05) is 0 Å². The second kappa shape index (κ2) is 4.28. The molecule has 4 nitrogen and oxygen atoms in total. The molecule has 1 aromatic rings. The summed E-state index contributed by atoms with van der Waals surface area (Å²) in [4.78, 5) is 17.8. The van der Waals surface area contributed by atoms with E-state index in [-0.39, 0.29) is 11.9 Å². The largest absolute Gasteiger partial charge is 0.336 e. The Hall–Kier alpha value is -0.940. The first kappa shape index (κ1) is 10.6. The summed E-state index contributed by atoms with van der Waals surface area (Å²) < 4.78 is 0.732. The standard InChI is InChI=1S/C10H12BrN3O/c11-8-2-1-4-13-9(8)10(15)14-5-3-7(12)6-14/h1-2,4,7H,3,5-6,12H2/t7-/m0/s1. The highest BCUT2D eigenvalue weighted by molar-refractivity contribution is 9.10. The van der Waals surface area contributed by atoms with E-state index in [2.05, 4.69) is 20.9 Å². The Balaban J connectivity index is 2.18. The lowest BCUT2D eigenvalue weighted by atomic mass is 10.3. The highest BCUT2D eigenvalue weighted by atomic mass is 79.9. The van der Waals surface area contributed by atoms with Crippen molar-refractivity contribution in [2.75, 3.05) is 13.1 Å². The molecular weight excluding hydrogens is 258 g/mol. The second-order valence-corrected chi connectivity index (χ2v) is 4.49. The molecule has 2 rings (SSSR count).